The van der Waals surface area contributed by atoms with Gasteiger partial charge in [-0.15, -0.1) is 0 Å². The van der Waals surface area contributed by atoms with Gasteiger partial charge in [0.1, 0.15) is 11.5 Å². The molecule has 0 heterocycles. The van der Waals surface area contributed by atoms with E-state index in [-0.39, 0.29) is 92.7 Å². The molecule has 8 aliphatic rings. The predicted molar refractivity (Wildman–Crippen MR) is 327 cm³/mol. The minimum atomic E-state index is -0.102. The fraction of sp³-hybridized carbons (Fsp3) is 0.342. The zero-order chi connectivity index (χ0) is 60.9. The first-order valence-corrected chi connectivity index (χ1v) is 30.7. The third kappa shape index (κ3) is 10.2. The molecule has 0 spiro atoms. The molecule has 87 heavy (non-hydrogen) atoms. The molecule has 450 valence electrons. The first kappa shape index (κ1) is 57.1. The number of hydrogen-bond donors (Lipinski definition) is 14. The SMILES string of the molecule is Cc1cc2c(cc1O)CC[C@H]1CCc3cc(O)c(O)cc3[C@H]21.Oc1cc2c(cc1O)[C@@H]1c3ccc(O)c(O)c3CC[C@@H]1CC2.Oc1cc2c(cc1O)[C@H]1c3ccc(O)c(O)c3CC[C@@H]1CC2.Oc1ccc2c(c1)[C@@H]1c3cc(O)c(O)cc3CC[C@H]1CC2. The number of phenols is 14. The lowest BCUT2D eigenvalue weighted by Gasteiger charge is -2.39. The lowest BCUT2D eigenvalue weighted by atomic mass is 9.65. The van der Waals surface area contributed by atoms with Gasteiger partial charge in [0.2, 0.25) is 0 Å². The number of rotatable bonds is 0. The van der Waals surface area contributed by atoms with Crippen LogP contribution in [-0.2, 0) is 51.4 Å². The van der Waals surface area contributed by atoms with Crippen molar-refractivity contribution < 1.29 is 71.5 Å². The van der Waals surface area contributed by atoms with Crippen LogP contribution < -0.4 is 0 Å². The Morgan fingerprint density at radius 1 is 0.241 bits per heavy atom. The molecule has 0 aliphatic heterocycles. The Balaban J connectivity index is 0.000000107. The molecule has 0 saturated carbocycles. The van der Waals surface area contributed by atoms with Gasteiger partial charge in [0.05, 0.1) is 0 Å². The summed E-state index contributed by atoms with van der Waals surface area (Å²) in [7, 11) is 0. The maximum atomic E-state index is 10.1. The quantitative estimate of drug-likeness (QED) is 0.0629. The van der Waals surface area contributed by atoms with E-state index in [9.17, 15) is 71.5 Å². The van der Waals surface area contributed by atoms with Crippen LogP contribution in [0.25, 0.3) is 0 Å². The first-order chi connectivity index (χ1) is 41.8. The third-order valence-corrected chi connectivity index (χ3v) is 20.9. The number of phenolic OH excluding ortho intramolecular Hbond substituents is 14. The van der Waals surface area contributed by atoms with E-state index in [0.717, 1.165) is 175 Å². The molecule has 0 amide bonds. The molecule has 14 N–H and O–H groups in total. The standard InChI is InChI=1S/C19H20O3.2C18H18O4.C18H18O3/c1-10-6-14-12(7-16(10)20)4-2-11-3-5-13-8-17(21)18(22)9-15(13)19(11)14;2*19-14-6-5-11-12(18(14)22)4-3-9-1-2-10-7-15(20)16(21)8-13(10)17(9)11;19-13-6-5-10-1-2-11-3-4-12-7-16(20)17(21)9-15(12)18(11)14(10)8-13/h6-9,11,19-22H,2-5H2,1H3;2*5-9,17,19-22H,1-4H2;5-9,11,18-21H,1-4H2/t11-,19-;9-,17+;9-,17-;11-,18-/m0001/s1. The Kier molecular flexibility index (Phi) is 14.7. The van der Waals surface area contributed by atoms with E-state index in [1.807, 2.05) is 37.3 Å². The van der Waals surface area contributed by atoms with Crippen LogP contribution in [0, 0.1) is 30.6 Å². The van der Waals surface area contributed by atoms with E-state index in [0.29, 0.717) is 35.2 Å². The van der Waals surface area contributed by atoms with Crippen molar-refractivity contribution in [2.45, 2.75) is 133 Å². The van der Waals surface area contributed by atoms with Gasteiger partial charge in [0.15, 0.2) is 69.0 Å². The Labute approximate surface area is 504 Å². The molecular formula is C73H74O14. The summed E-state index contributed by atoms with van der Waals surface area (Å²) < 4.78 is 0. The highest BCUT2D eigenvalue weighted by atomic mass is 16.3. The van der Waals surface area contributed by atoms with Gasteiger partial charge in [-0.2, -0.15) is 0 Å². The highest BCUT2D eigenvalue weighted by Gasteiger charge is 2.41. The molecule has 0 bridgehead atoms. The molecule has 0 saturated heterocycles. The van der Waals surface area contributed by atoms with Gasteiger partial charge >= 0.3 is 0 Å². The first-order valence-electron chi connectivity index (χ1n) is 30.7. The van der Waals surface area contributed by atoms with Crippen molar-refractivity contribution in [3.63, 3.8) is 0 Å². The van der Waals surface area contributed by atoms with Crippen molar-refractivity contribution in [2.75, 3.05) is 0 Å². The Bertz CT molecular complexity index is 3720. The van der Waals surface area contributed by atoms with Gasteiger partial charge in [0, 0.05) is 34.8 Å². The lowest BCUT2D eigenvalue weighted by molar-refractivity contribution is 0.343. The van der Waals surface area contributed by atoms with E-state index in [4.69, 9.17) is 0 Å². The normalized spacial score (nSPS) is 22.7. The second-order valence-electron chi connectivity index (χ2n) is 25.6. The minimum absolute atomic E-state index is 0.0222. The smallest absolute Gasteiger partial charge is 0.160 e. The van der Waals surface area contributed by atoms with Crippen LogP contribution in [0.2, 0.25) is 0 Å². The van der Waals surface area contributed by atoms with E-state index < -0.39 is 0 Å². The third-order valence-electron chi connectivity index (χ3n) is 20.9. The summed E-state index contributed by atoms with van der Waals surface area (Å²) in [6, 6.07) is 29.9. The molecule has 0 unspecified atom stereocenters. The van der Waals surface area contributed by atoms with Crippen LogP contribution in [0.1, 0.15) is 170 Å². The topological polar surface area (TPSA) is 283 Å². The highest BCUT2D eigenvalue weighted by molar-refractivity contribution is 5.61. The van der Waals surface area contributed by atoms with Crippen molar-refractivity contribution in [1.82, 2.24) is 0 Å². The summed E-state index contributed by atoms with van der Waals surface area (Å²) in [5, 5.41) is 138. The molecule has 8 aromatic rings. The van der Waals surface area contributed by atoms with Crippen molar-refractivity contribution in [1.29, 1.82) is 0 Å². The monoisotopic (exact) mass is 1170 g/mol. The van der Waals surface area contributed by atoms with Gasteiger partial charge in [0.25, 0.3) is 0 Å². The van der Waals surface area contributed by atoms with Gasteiger partial charge in [-0.05, 0) is 296 Å². The van der Waals surface area contributed by atoms with Crippen LogP contribution in [0.3, 0.4) is 0 Å². The predicted octanol–water partition coefficient (Wildman–Crippen LogP) is 13.5. The lowest BCUT2D eigenvalue weighted by Crippen LogP contribution is -2.27. The van der Waals surface area contributed by atoms with Crippen LogP contribution in [-0.4, -0.2) is 71.5 Å². The maximum Gasteiger partial charge on any atom is 0.160 e. The average molecular weight is 1180 g/mol. The number of aromatic hydroxyl groups is 14. The van der Waals surface area contributed by atoms with Gasteiger partial charge in [-0.3, -0.25) is 0 Å². The number of fused-ring (bicyclic) bond motifs is 20. The summed E-state index contributed by atoms with van der Waals surface area (Å²) in [5.74, 6) is 2.66. The Morgan fingerprint density at radius 3 is 0.874 bits per heavy atom. The molecule has 8 aromatic carbocycles. The number of hydrogen-bond acceptors (Lipinski definition) is 14. The summed E-state index contributed by atoms with van der Waals surface area (Å²) in [5.41, 5.74) is 18.2. The van der Waals surface area contributed by atoms with Crippen LogP contribution >= 0.6 is 0 Å². The fourth-order valence-corrected chi connectivity index (χ4v) is 16.6. The van der Waals surface area contributed by atoms with Gasteiger partial charge in [-0.25, -0.2) is 0 Å². The zero-order valence-electron chi connectivity index (χ0n) is 48.5. The molecule has 0 aromatic heterocycles. The summed E-state index contributed by atoms with van der Waals surface area (Å²) >= 11 is 0. The molecule has 14 nitrogen and oxygen atoms in total. The molecular weight excluding hydrogens is 1100 g/mol. The van der Waals surface area contributed by atoms with E-state index >= 15 is 0 Å². The van der Waals surface area contributed by atoms with Crippen LogP contribution in [0.5, 0.6) is 80.5 Å². The maximum absolute atomic E-state index is 10.1. The minimum Gasteiger partial charge on any atom is -0.508 e. The molecule has 14 heteroatoms. The summed E-state index contributed by atoms with van der Waals surface area (Å²) in [4.78, 5) is 0. The van der Waals surface area contributed by atoms with Crippen molar-refractivity contribution in [3.8, 4) is 80.5 Å². The summed E-state index contributed by atoms with van der Waals surface area (Å²) in [6.45, 7) is 1.93. The van der Waals surface area contributed by atoms with Crippen molar-refractivity contribution >= 4 is 0 Å². The van der Waals surface area contributed by atoms with Crippen LogP contribution in [0.4, 0.5) is 0 Å². The van der Waals surface area contributed by atoms with E-state index in [1.54, 1.807) is 54.6 Å². The van der Waals surface area contributed by atoms with Gasteiger partial charge < -0.3 is 71.5 Å². The largest absolute Gasteiger partial charge is 0.508 e. The second-order valence-corrected chi connectivity index (χ2v) is 25.6. The number of aryl methyl sites for hydroxylation is 7. The molecule has 8 aliphatic carbocycles. The molecule has 0 fully saturated rings. The highest BCUT2D eigenvalue weighted by Crippen LogP contribution is 2.56. The van der Waals surface area contributed by atoms with Crippen molar-refractivity contribution in [2.24, 2.45) is 23.7 Å². The van der Waals surface area contributed by atoms with Crippen molar-refractivity contribution in [3.05, 3.63) is 198 Å². The zero-order valence-corrected chi connectivity index (χ0v) is 48.5. The van der Waals surface area contributed by atoms with Gasteiger partial charge in [-0.1, -0.05) is 24.3 Å². The van der Waals surface area contributed by atoms with E-state index in [1.165, 1.54) is 34.4 Å². The summed E-state index contributed by atoms with van der Waals surface area (Å²) in [6.07, 6.45) is 15.7. The Morgan fingerprint density at radius 2 is 0.517 bits per heavy atom. The molecule has 8 atom stereocenters. The Hall–Kier alpha value is -9.04. The average Bonchev–Trinajstić information content (AvgIpc) is 1.14. The number of benzene rings is 8. The molecule has 16 rings (SSSR count). The fourth-order valence-electron chi connectivity index (χ4n) is 16.6. The second kappa shape index (κ2) is 22.3. The molecule has 0 radical (unpaired) electrons. The van der Waals surface area contributed by atoms with Crippen LogP contribution in [0.15, 0.2) is 103 Å². The van der Waals surface area contributed by atoms with E-state index in [2.05, 4.69) is 6.07 Å².